The monoisotopic (exact) mass is 1050 g/mol. The minimum Gasteiger partial charge on any atom is -0.489 e. The van der Waals surface area contributed by atoms with Crippen molar-refractivity contribution in [2.45, 2.75) is 57.0 Å². The van der Waals surface area contributed by atoms with Crippen LogP contribution in [0.5, 0.6) is 23.0 Å². The van der Waals surface area contributed by atoms with Crippen LogP contribution >= 0.6 is 0 Å². The lowest BCUT2D eigenvalue weighted by atomic mass is 9.98. The smallest absolute Gasteiger partial charge is 0.343 e. The highest BCUT2D eigenvalue weighted by Crippen LogP contribution is 2.37. The number of carboxylic acids is 4. The number of hydrogen-bond donors (Lipinski definition) is 8. The van der Waals surface area contributed by atoms with E-state index in [4.69, 9.17) is 51.0 Å². The Balaban J connectivity index is 1.13. The van der Waals surface area contributed by atoms with Crippen LogP contribution in [0.15, 0.2) is 77.8 Å². The summed E-state index contributed by atoms with van der Waals surface area (Å²) in [5, 5.41) is 47.2. The van der Waals surface area contributed by atoms with Gasteiger partial charge < -0.3 is 75.8 Å². The van der Waals surface area contributed by atoms with Gasteiger partial charge >= 0.3 is 35.8 Å². The fourth-order valence-corrected chi connectivity index (χ4v) is 8.35. The largest absolute Gasteiger partial charge is 0.489 e. The van der Waals surface area contributed by atoms with Gasteiger partial charge in [0.05, 0.1) is 86.3 Å². The molecule has 2 unspecified atom stereocenters. The summed E-state index contributed by atoms with van der Waals surface area (Å²) in [6, 6.07) is 13.8. The van der Waals surface area contributed by atoms with Gasteiger partial charge in [0.2, 0.25) is 0 Å². The van der Waals surface area contributed by atoms with Crippen molar-refractivity contribution in [3.8, 4) is 23.0 Å². The number of amidine groups is 1. The van der Waals surface area contributed by atoms with E-state index in [9.17, 15) is 58.8 Å². The number of nitrogens with two attached hydrogens (primary N) is 3. The lowest BCUT2D eigenvalue weighted by Crippen LogP contribution is -2.48. The molecule has 0 spiro atoms. The van der Waals surface area contributed by atoms with Gasteiger partial charge in [-0.3, -0.25) is 24.6 Å². The summed E-state index contributed by atoms with van der Waals surface area (Å²) in [6.07, 6.45) is -0.532. The van der Waals surface area contributed by atoms with E-state index in [1.165, 1.54) is 48.5 Å². The molecule has 4 aromatic carbocycles. The topological polar surface area (TPSA) is 394 Å². The van der Waals surface area contributed by atoms with Crippen molar-refractivity contribution in [1.29, 1.82) is 5.41 Å². The second-order valence-corrected chi connectivity index (χ2v) is 17.1. The maximum atomic E-state index is 14.3. The van der Waals surface area contributed by atoms with Crippen LogP contribution in [0.1, 0.15) is 83.8 Å². The Hall–Kier alpha value is -9.10. The molecule has 0 radical (unpaired) electrons. The van der Waals surface area contributed by atoms with Gasteiger partial charge in [-0.2, -0.15) is 0 Å². The molecule has 0 saturated heterocycles. The second kappa shape index (κ2) is 26.2. The number of carboxylic acid groups (broad SMARTS) is 4. The molecule has 402 valence electrons. The fourth-order valence-electron chi connectivity index (χ4n) is 8.35. The third kappa shape index (κ3) is 14.8. The molecule has 0 bridgehead atoms. The highest BCUT2D eigenvalue weighted by Gasteiger charge is 2.37. The standard InChI is InChI=1S/C51H55N7O18/c52-40(53)24-28-11-13-32-29(23-28)5-3-17-73-43-34(7-1-9-38(43)75-49(32)69)45(63)57(36(47(65)66)26-41(59)60)15-19-71-21-22-72-20-16-58(37(48(67)68)27-42(61)62)46(64)35-8-2-10-39-44(35)74-18-4-6-30-25-31(56-51(54)55)12-14-33(30)50(70)76-39/h1-2,7-14,23,25,36-37H,3-6,15-22,24,26-27H2,(H3,52,53)(H,59,60)(H,61,62)(H,65,66)(H,67,68)(H4,54,55,56). The zero-order valence-electron chi connectivity index (χ0n) is 40.8. The van der Waals surface area contributed by atoms with Gasteiger partial charge in [0.1, 0.15) is 12.1 Å². The molecule has 2 amide bonds. The highest BCUT2D eigenvalue weighted by atomic mass is 16.6. The number of ether oxygens (including phenoxy) is 6. The number of guanidine groups is 1. The third-order valence-electron chi connectivity index (χ3n) is 11.8. The van der Waals surface area contributed by atoms with Crippen LogP contribution in [0.2, 0.25) is 0 Å². The number of rotatable bonds is 22. The van der Waals surface area contributed by atoms with E-state index in [1.54, 1.807) is 24.3 Å². The van der Waals surface area contributed by atoms with Crippen LogP contribution in [-0.4, -0.2) is 154 Å². The van der Waals surface area contributed by atoms with Crippen LogP contribution in [0, 0.1) is 5.41 Å². The summed E-state index contributed by atoms with van der Waals surface area (Å²) in [5.41, 5.74) is 18.8. The fraction of sp³-hybridized carbons (Fsp3) is 0.333. The molecule has 2 atom stereocenters. The van der Waals surface area contributed by atoms with Crippen molar-refractivity contribution in [3.05, 3.63) is 112 Å². The third-order valence-corrected chi connectivity index (χ3v) is 11.8. The van der Waals surface area contributed by atoms with E-state index in [0.717, 1.165) is 9.80 Å². The molecule has 2 aliphatic heterocycles. The van der Waals surface area contributed by atoms with Gasteiger partial charge in [0.15, 0.2) is 29.0 Å². The number of carbonyl (C=O) groups is 8. The van der Waals surface area contributed by atoms with Crippen LogP contribution in [0.25, 0.3) is 0 Å². The molecule has 0 aliphatic carbocycles. The number of aliphatic imine (C=N–C) groups is 1. The van der Waals surface area contributed by atoms with Crippen LogP contribution in [0.3, 0.4) is 0 Å². The maximum Gasteiger partial charge on any atom is 0.343 e. The van der Waals surface area contributed by atoms with E-state index in [0.29, 0.717) is 48.1 Å². The van der Waals surface area contributed by atoms with Gasteiger partial charge in [-0.1, -0.05) is 24.3 Å². The Labute approximate surface area is 433 Å². The molecule has 2 heterocycles. The Bertz CT molecular complexity index is 2920. The Kier molecular flexibility index (Phi) is 19.4. The Morgan fingerprint density at radius 2 is 1.09 bits per heavy atom. The van der Waals surface area contributed by atoms with Gasteiger partial charge in [-0.25, -0.2) is 24.2 Å². The van der Waals surface area contributed by atoms with Gasteiger partial charge in [0.25, 0.3) is 11.8 Å². The summed E-state index contributed by atoms with van der Waals surface area (Å²) in [7, 11) is 0. The molecule has 6 rings (SSSR count). The molecule has 25 nitrogen and oxygen atoms in total. The first kappa shape index (κ1) is 56.2. The van der Waals surface area contributed by atoms with Crippen molar-refractivity contribution < 1.29 is 87.2 Å². The number of nitrogens with zero attached hydrogens (tertiary/aromatic N) is 3. The molecule has 2 aliphatic rings. The molecule has 4 aromatic rings. The van der Waals surface area contributed by atoms with E-state index in [-0.39, 0.29) is 103 Å². The van der Waals surface area contributed by atoms with Crippen LogP contribution in [0.4, 0.5) is 5.69 Å². The van der Waals surface area contributed by atoms with Crippen molar-refractivity contribution in [1.82, 2.24) is 9.80 Å². The first-order chi connectivity index (χ1) is 36.3. The van der Waals surface area contributed by atoms with Gasteiger partial charge in [-0.15, -0.1) is 0 Å². The number of nitrogens with one attached hydrogen (secondary N) is 1. The van der Waals surface area contributed by atoms with E-state index in [2.05, 4.69) is 4.99 Å². The predicted octanol–water partition coefficient (Wildman–Crippen LogP) is 2.63. The lowest BCUT2D eigenvalue weighted by molar-refractivity contribution is -0.149. The zero-order valence-corrected chi connectivity index (χ0v) is 40.8. The first-order valence-electron chi connectivity index (χ1n) is 23.6. The number of esters is 2. The SMILES string of the molecule is N=C(N)Cc1ccc2c(c1)CCCOc1c(cccc1C(=O)N(CCOCCOCCN(C(=O)c1cccc3c1OCCCc1cc(N=C(N)N)ccc1C(=O)O3)C(CC(=O)O)C(=O)O)C(CC(=O)O)C(=O)O)OC2=O. The molecule has 0 saturated carbocycles. The van der Waals surface area contributed by atoms with Crippen molar-refractivity contribution in [3.63, 3.8) is 0 Å². The molecule has 11 N–H and O–H groups in total. The Morgan fingerprint density at radius 3 is 1.53 bits per heavy atom. The quantitative estimate of drug-likeness (QED) is 0.0184. The maximum absolute atomic E-state index is 14.3. The van der Waals surface area contributed by atoms with Crippen molar-refractivity contribution >= 4 is 65.1 Å². The summed E-state index contributed by atoms with van der Waals surface area (Å²) >= 11 is 0. The molecule has 25 heteroatoms. The lowest BCUT2D eigenvalue weighted by Gasteiger charge is -2.29. The van der Waals surface area contributed by atoms with Gasteiger partial charge in [-0.05, 0) is 90.9 Å². The molecule has 76 heavy (non-hydrogen) atoms. The van der Waals surface area contributed by atoms with E-state index < -0.39 is 85.6 Å². The Morgan fingerprint density at radius 1 is 0.632 bits per heavy atom. The zero-order chi connectivity index (χ0) is 55.1. The number of aryl methyl sites for hydroxylation is 2. The number of carbonyl (C=O) groups excluding carboxylic acids is 4. The number of fused-ring (bicyclic) bond motifs is 4. The summed E-state index contributed by atoms with van der Waals surface area (Å²) in [4.78, 5) is 110. The molecular weight excluding hydrogens is 999 g/mol. The normalized spacial score (nSPS) is 13.8. The average molecular weight is 1050 g/mol. The summed E-state index contributed by atoms with van der Waals surface area (Å²) in [6.45, 7) is -2.17. The number of para-hydroxylation sites is 2. The van der Waals surface area contributed by atoms with Crippen molar-refractivity contribution in [2.75, 3.05) is 52.7 Å². The molecule has 0 fully saturated rings. The average Bonchev–Trinajstić information content (AvgIpc) is 3.36. The summed E-state index contributed by atoms with van der Waals surface area (Å²) in [5.74, 6) is -10.9. The molecular formula is C51H55N7O18. The first-order valence-corrected chi connectivity index (χ1v) is 23.6. The van der Waals surface area contributed by atoms with Crippen molar-refractivity contribution in [2.24, 2.45) is 22.2 Å². The van der Waals surface area contributed by atoms with Gasteiger partial charge in [0, 0.05) is 19.5 Å². The highest BCUT2D eigenvalue weighted by molar-refractivity contribution is 6.02. The number of benzene rings is 4. The van der Waals surface area contributed by atoms with Crippen LogP contribution < -0.4 is 36.1 Å². The summed E-state index contributed by atoms with van der Waals surface area (Å²) < 4.78 is 34.7. The number of hydrogen-bond acceptors (Lipinski definition) is 16. The predicted molar refractivity (Wildman–Crippen MR) is 265 cm³/mol. The number of aliphatic carboxylic acids is 4. The number of amides is 2. The van der Waals surface area contributed by atoms with E-state index in [1.807, 2.05) is 0 Å². The minimum atomic E-state index is -1.91. The molecule has 0 aromatic heterocycles. The second-order valence-electron chi connectivity index (χ2n) is 17.1. The minimum absolute atomic E-state index is 0.00791. The van der Waals surface area contributed by atoms with Crippen LogP contribution in [-0.2, 0) is 47.9 Å². The van der Waals surface area contributed by atoms with E-state index >= 15 is 0 Å².